The van der Waals surface area contributed by atoms with Crippen molar-refractivity contribution in [3.63, 3.8) is 0 Å². The van der Waals surface area contributed by atoms with Gasteiger partial charge < -0.3 is 10.1 Å². The Morgan fingerprint density at radius 1 is 1.30 bits per heavy atom. The predicted molar refractivity (Wildman–Crippen MR) is 96.8 cm³/mol. The lowest BCUT2D eigenvalue weighted by atomic mass is 10.1. The number of carbonyl (C=O) groups is 1. The van der Waals surface area contributed by atoms with Crippen LogP contribution in [0.25, 0.3) is 6.08 Å². The molecule has 0 aliphatic heterocycles. The maximum absolute atomic E-state index is 11.7. The number of carbonyl (C=O) groups excluding carboxylic acids is 1. The van der Waals surface area contributed by atoms with Gasteiger partial charge in [0.05, 0.1) is 10.4 Å². The van der Waals surface area contributed by atoms with Gasteiger partial charge in [-0.3, -0.25) is 4.79 Å². The highest BCUT2D eigenvalue weighted by molar-refractivity contribution is 7.17. The van der Waals surface area contributed by atoms with Crippen LogP contribution in [0.3, 0.4) is 0 Å². The molecule has 1 aromatic carbocycles. The van der Waals surface area contributed by atoms with Gasteiger partial charge in [-0.25, -0.2) is 0 Å². The molecule has 0 saturated heterocycles. The van der Waals surface area contributed by atoms with Crippen LogP contribution in [-0.4, -0.2) is 19.1 Å². The van der Waals surface area contributed by atoms with Crippen LogP contribution in [0.2, 0.25) is 4.34 Å². The van der Waals surface area contributed by atoms with Crippen LogP contribution in [0.1, 0.15) is 29.9 Å². The van der Waals surface area contributed by atoms with Gasteiger partial charge in [-0.1, -0.05) is 41.9 Å². The monoisotopic (exact) mass is 349 g/mol. The van der Waals surface area contributed by atoms with E-state index in [1.165, 1.54) is 17.4 Å². The van der Waals surface area contributed by atoms with Gasteiger partial charge in [0.15, 0.2) is 0 Å². The fourth-order valence-electron chi connectivity index (χ4n) is 2.00. The van der Waals surface area contributed by atoms with Crippen LogP contribution >= 0.6 is 22.9 Å². The molecule has 1 amide bonds. The molecular formula is C18H20ClNO2S. The van der Waals surface area contributed by atoms with Crippen molar-refractivity contribution in [3.8, 4) is 0 Å². The third-order valence-electron chi connectivity index (χ3n) is 3.25. The van der Waals surface area contributed by atoms with Crippen molar-refractivity contribution >= 4 is 34.9 Å². The molecule has 1 atom stereocenters. The first-order valence-electron chi connectivity index (χ1n) is 7.53. The van der Waals surface area contributed by atoms with E-state index in [0.29, 0.717) is 13.2 Å². The summed E-state index contributed by atoms with van der Waals surface area (Å²) in [7, 11) is 0. The van der Waals surface area contributed by atoms with Gasteiger partial charge in [0.2, 0.25) is 5.91 Å². The minimum Gasteiger partial charge on any atom is -0.374 e. The molecule has 3 nitrogen and oxygen atoms in total. The van der Waals surface area contributed by atoms with Crippen molar-refractivity contribution in [2.75, 3.05) is 13.2 Å². The molecule has 0 bridgehead atoms. The van der Waals surface area contributed by atoms with E-state index >= 15 is 0 Å². The lowest BCUT2D eigenvalue weighted by molar-refractivity contribution is -0.116. The fraction of sp³-hybridized carbons (Fsp3) is 0.278. The van der Waals surface area contributed by atoms with Crippen LogP contribution in [0, 0.1) is 0 Å². The van der Waals surface area contributed by atoms with Crippen LogP contribution in [-0.2, 0) is 9.53 Å². The molecule has 5 heteroatoms. The molecule has 0 radical (unpaired) electrons. The first-order chi connectivity index (χ1) is 11.1. The third kappa shape index (κ3) is 6.57. The second-order valence-corrected chi connectivity index (χ2v) is 6.79. The SMILES string of the molecule is CC(OCCCNC(=O)/C=C/c1ccc(Cl)s1)c1ccccc1. The fourth-order valence-corrected chi connectivity index (χ4v) is 2.96. The Balaban J connectivity index is 1.60. The zero-order valence-corrected chi connectivity index (χ0v) is 14.6. The molecule has 2 rings (SSSR count). The first kappa shape index (κ1) is 17.7. The van der Waals surface area contributed by atoms with E-state index < -0.39 is 0 Å². The minimum atomic E-state index is -0.106. The largest absolute Gasteiger partial charge is 0.374 e. The van der Waals surface area contributed by atoms with Crippen molar-refractivity contribution in [1.29, 1.82) is 0 Å². The summed E-state index contributed by atoms with van der Waals surface area (Å²) in [6, 6.07) is 13.8. The Morgan fingerprint density at radius 2 is 2.09 bits per heavy atom. The molecular weight excluding hydrogens is 330 g/mol. The van der Waals surface area contributed by atoms with E-state index in [-0.39, 0.29) is 12.0 Å². The summed E-state index contributed by atoms with van der Waals surface area (Å²) >= 11 is 7.28. The summed E-state index contributed by atoms with van der Waals surface area (Å²) in [6.45, 7) is 3.24. The van der Waals surface area contributed by atoms with Crippen molar-refractivity contribution in [2.45, 2.75) is 19.4 Å². The highest BCUT2D eigenvalue weighted by Crippen LogP contribution is 2.22. The molecule has 2 aromatic rings. The third-order valence-corrected chi connectivity index (χ3v) is 4.45. The zero-order chi connectivity index (χ0) is 16.5. The number of ether oxygens (including phenoxy) is 1. The Labute approximate surface area is 145 Å². The average Bonchev–Trinajstić information content (AvgIpc) is 2.98. The Bertz CT molecular complexity index is 639. The van der Waals surface area contributed by atoms with Crippen molar-refractivity contribution in [1.82, 2.24) is 5.32 Å². The second-order valence-electron chi connectivity index (χ2n) is 5.04. The average molecular weight is 350 g/mol. The molecule has 0 fully saturated rings. The summed E-state index contributed by atoms with van der Waals surface area (Å²) in [5, 5.41) is 2.84. The second kappa shape index (κ2) is 9.50. The summed E-state index contributed by atoms with van der Waals surface area (Å²) in [4.78, 5) is 12.6. The number of halogens is 1. The van der Waals surface area contributed by atoms with Crippen LogP contribution in [0.15, 0.2) is 48.5 Å². The molecule has 23 heavy (non-hydrogen) atoms. The Kier molecular flexibility index (Phi) is 7.33. The van der Waals surface area contributed by atoms with Gasteiger partial charge in [0, 0.05) is 24.1 Å². The standard InChI is InChI=1S/C18H20ClNO2S/c1-14(15-6-3-2-4-7-15)22-13-5-12-20-18(21)11-9-16-8-10-17(19)23-16/h2-4,6-11,14H,5,12-13H2,1H3,(H,20,21)/b11-9+. The lowest BCUT2D eigenvalue weighted by Crippen LogP contribution is -2.23. The topological polar surface area (TPSA) is 38.3 Å². The van der Waals surface area contributed by atoms with Crippen molar-refractivity contribution in [3.05, 3.63) is 63.3 Å². The molecule has 1 heterocycles. The first-order valence-corrected chi connectivity index (χ1v) is 8.72. The van der Waals surface area contributed by atoms with Crippen LogP contribution in [0.5, 0.6) is 0 Å². The molecule has 0 saturated carbocycles. The van der Waals surface area contributed by atoms with Gasteiger partial charge in [0.1, 0.15) is 0 Å². The molecule has 1 N–H and O–H groups in total. The van der Waals surface area contributed by atoms with E-state index in [4.69, 9.17) is 16.3 Å². The number of rotatable bonds is 8. The van der Waals surface area contributed by atoms with E-state index in [2.05, 4.69) is 5.32 Å². The van der Waals surface area contributed by atoms with Gasteiger partial charge in [-0.15, -0.1) is 11.3 Å². The number of hydrogen-bond donors (Lipinski definition) is 1. The number of thiophene rings is 1. The highest BCUT2D eigenvalue weighted by Gasteiger charge is 2.04. The maximum Gasteiger partial charge on any atom is 0.244 e. The number of nitrogens with one attached hydrogen (secondary N) is 1. The zero-order valence-electron chi connectivity index (χ0n) is 13.0. The number of hydrogen-bond acceptors (Lipinski definition) is 3. The smallest absolute Gasteiger partial charge is 0.244 e. The summed E-state index contributed by atoms with van der Waals surface area (Å²) in [5.41, 5.74) is 1.16. The van der Waals surface area contributed by atoms with Crippen molar-refractivity contribution in [2.24, 2.45) is 0 Å². The number of amides is 1. The van der Waals surface area contributed by atoms with E-state index in [0.717, 1.165) is 21.2 Å². The van der Waals surface area contributed by atoms with Gasteiger partial charge in [-0.2, -0.15) is 0 Å². The van der Waals surface area contributed by atoms with Gasteiger partial charge in [-0.05, 0) is 37.1 Å². The quantitative estimate of drug-likeness (QED) is 0.554. The van der Waals surface area contributed by atoms with Crippen LogP contribution in [0.4, 0.5) is 0 Å². The summed E-state index contributed by atoms with van der Waals surface area (Å²) in [5.74, 6) is -0.106. The summed E-state index contributed by atoms with van der Waals surface area (Å²) in [6.07, 6.45) is 4.13. The highest BCUT2D eigenvalue weighted by atomic mass is 35.5. The molecule has 1 aromatic heterocycles. The van der Waals surface area contributed by atoms with Crippen molar-refractivity contribution < 1.29 is 9.53 Å². The molecule has 1 unspecified atom stereocenters. The van der Waals surface area contributed by atoms with Gasteiger partial charge in [0.25, 0.3) is 0 Å². The molecule has 0 spiro atoms. The number of benzene rings is 1. The lowest BCUT2D eigenvalue weighted by Gasteiger charge is -2.13. The van der Waals surface area contributed by atoms with E-state index in [9.17, 15) is 4.79 Å². The van der Waals surface area contributed by atoms with Crippen LogP contribution < -0.4 is 5.32 Å². The van der Waals surface area contributed by atoms with E-state index in [1.54, 1.807) is 6.08 Å². The maximum atomic E-state index is 11.7. The molecule has 122 valence electrons. The predicted octanol–water partition coefficient (Wildman–Crippen LogP) is 4.70. The Hall–Kier alpha value is -1.62. The molecule has 0 aliphatic carbocycles. The summed E-state index contributed by atoms with van der Waals surface area (Å²) < 4.78 is 6.48. The normalized spacial score (nSPS) is 12.4. The Morgan fingerprint density at radius 3 is 2.78 bits per heavy atom. The van der Waals surface area contributed by atoms with Gasteiger partial charge >= 0.3 is 0 Å². The minimum absolute atomic E-state index is 0.0652. The van der Waals surface area contributed by atoms with E-state index in [1.807, 2.05) is 49.4 Å². The molecule has 0 aliphatic rings.